The lowest BCUT2D eigenvalue weighted by Crippen LogP contribution is -2.23. The standard InChI is InChI=1S/C14H17NOS/c1-14(2,10-17)9-16-12-6-5-11-4-3-7-15-13(11)8-12/h3-8,17H,9-10H2,1-2H3. The average molecular weight is 247 g/mol. The van der Waals surface area contributed by atoms with Gasteiger partial charge in [-0.15, -0.1) is 0 Å². The van der Waals surface area contributed by atoms with Crippen LogP contribution in [0.4, 0.5) is 0 Å². The lowest BCUT2D eigenvalue weighted by atomic mass is 9.98. The van der Waals surface area contributed by atoms with Gasteiger partial charge in [0.1, 0.15) is 5.75 Å². The van der Waals surface area contributed by atoms with Crippen LogP contribution in [0.1, 0.15) is 13.8 Å². The summed E-state index contributed by atoms with van der Waals surface area (Å²) in [6.45, 7) is 4.94. The molecular weight excluding hydrogens is 230 g/mol. The number of benzene rings is 1. The summed E-state index contributed by atoms with van der Waals surface area (Å²) in [6, 6.07) is 9.98. The third kappa shape index (κ3) is 3.13. The third-order valence-electron chi connectivity index (χ3n) is 2.63. The minimum atomic E-state index is 0.0855. The minimum absolute atomic E-state index is 0.0855. The van der Waals surface area contributed by atoms with Gasteiger partial charge in [0.2, 0.25) is 0 Å². The molecule has 0 N–H and O–H groups in total. The van der Waals surface area contributed by atoms with Gasteiger partial charge in [-0.25, -0.2) is 0 Å². The molecule has 0 radical (unpaired) electrons. The number of hydrogen-bond donors (Lipinski definition) is 1. The monoisotopic (exact) mass is 247 g/mol. The Labute approximate surface area is 107 Å². The first kappa shape index (κ1) is 12.2. The highest BCUT2D eigenvalue weighted by molar-refractivity contribution is 7.80. The van der Waals surface area contributed by atoms with E-state index in [1.807, 2.05) is 30.3 Å². The predicted molar refractivity (Wildman–Crippen MR) is 74.9 cm³/mol. The van der Waals surface area contributed by atoms with E-state index in [1.54, 1.807) is 6.20 Å². The van der Waals surface area contributed by atoms with Crippen LogP contribution in [-0.4, -0.2) is 17.3 Å². The number of aromatic nitrogens is 1. The molecule has 0 aliphatic heterocycles. The molecule has 2 rings (SSSR count). The van der Waals surface area contributed by atoms with Crippen LogP contribution in [0, 0.1) is 5.41 Å². The molecule has 0 aliphatic rings. The zero-order chi connectivity index (χ0) is 12.3. The maximum absolute atomic E-state index is 5.78. The summed E-state index contributed by atoms with van der Waals surface area (Å²) in [6.07, 6.45) is 1.80. The Morgan fingerprint density at radius 2 is 2.12 bits per heavy atom. The van der Waals surface area contributed by atoms with Crippen molar-refractivity contribution in [3.8, 4) is 5.75 Å². The van der Waals surface area contributed by atoms with E-state index in [0.717, 1.165) is 22.4 Å². The largest absolute Gasteiger partial charge is 0.493 e. The van der Waals surface area contributed by atoms with Crippen molar-refractivity contribution >= 4 is 23.5 Å². The second-order valence-electron chi connectivity index (χ2n) is 4.97. The molecule has 0 saturated heterocycles. The molecule has 2 aromatic rings. The van der Waals surface area contributed by atoms with Crippen molar-refractivity contribution < 1.29 is 4.74 Å². The second-order valence-corrected chi connectivity index (χ2v) is 5.29. The van der Waals surface area contributed by atoms with E-state index < -0.39 is 0 Å². The van der Waals surface area contributed by atoms with Gasteiger partial charge >= 0.3 is 0 Å². The Hall–Kier alpha value is -1.22. The Morgan fingerprint density at radius 1 is 1.29 bits per heavy atom. The predicted octanol–water partition coefficient (Wildman–Crippen LogP) is 3.57. The number of ether oxygens (including phenoxy) is 1. The van der Waals surface area contributed by atoms with Gasteiger partial charge in [0.25, 0.3) is 0 Å². The molecular formula is C14H17NOS. The van der Waals surface area contributed by atoms with E-state index in [-0.39, 0.29) is 5.41 Å². The molecule has 0 spiro atoms. The normalized spacial score (nSPS) is 11.7. The third-order valence-corrected chi connectivity index (χ3v) is 3.49. The van der Waals surface area contributed by atoms with Crippen LogP contribution < -0.4 is 4.74 Å². The van der Waals surface area contributed by atoms with Crippen molar-refractivity contribution in [2.75, 3.05) is 12.4 Å². The zero-order valence-electron chi connectivity index (χ0n) is 10.2. The number of rotatable bonds is 4. The SMILES string of the molecule is CC(C)(CS)COc1ccc2cccnc2c1. The Kier molecular flexibility index (Phi) is 3.57. The summed E-state index contributed by atoms with van der Waals surface area (Å²) in [5.74, 6) is 1.67. The fraction of sp³-hybridized carbons (Fsp3) is 0.357. The summed E-state index contributed by atoms with van der Waals surface area (Å²) in [4.78, 5) is 4.31. The van der Waals surface area contributed by atoms with Crippen LogP contribution in [0.5, 0.6) is 5.75 Å². The number of nitrogens with zero attached hydrogens (tertiary/aromatic N) is 1. The smallest absolute Gasteiger partial charge is 0.121 e. The number of hydrogen-bond acceptors (Lipinski definition) is 3. The highest BCUT2D eigenvalue weighted by Gasteiger charge is 2.16. The van der Waals surface area contributed by atoms with Crippen LogP contribution in [0.2, 0.25) is 0 Å². The van der Waals surface area contributed by atoms with E-state index in [9.17, 15) is 0 Å². The first-order chi connectivity index (χ1) is 8.11. The van der Waals surface area contributed by atoms with Crippen LogP contribution in [0.3, 0.4) is 0 Å². The molecule has 1 aromatic carbocycles. The molecule has 3 heteroatoms. The molecule has 0 amide bonds. The quantitative estimate of drug-likeness (QED) is 0.834. The van der Waals surface area contributed by atoms with Crippen molar-refractivity contribution in [3.05, 3.63) is 36.5 Å². The van der Waals surface area contributed by atoms with Gasteiger partial charge < -0.3 is 4.74 Å². The summed E-state index contributed by atoms with van der Waals surface area (Å²) in [5, 5.41) is 1.13. The topological polar surface area (TPSA) is 22.1 Å². The van der Waals surface area contributed by atoms with Crippen molar-refractivity contribution in [3.63, 3.8) is 0 Å². The Balaban J connectivity index is 2.14. The molecule has 90 valence electrons. The van der Waals surface area contributed by atoms with E-state index in [2.05, 4.69) is 31.5 Å². The fourth-order valence-electron chi connectivity index (χ4n) is 1.46. The molecule has 1 heterocycles. The van der Waals surface area contributed by atoms with E-state index in [4.69, 9.17) is 4.74 Å². The van der Waals surface area contributed by atoms with Crippen LogP contribution in [0.15, 0.2) is 36.5 Å². The van der Waals surface area contributed by atoms with Gasteiger partial charge in [-0.2, -0.15) is 12.6 Å². The molecule has 0 aliphatic carbocycles. The van der Waals surface area contributed by atoms with Gasteiger partial charge in [0.15, 0.2) is 0 Å². The first-order valence-corrected chi connectivity index (χ1v) is 6.32. The molecule has 0 saturated carbocycles. The minimum Gasteiger partial charge on any atom is -0.493 e. The van der Waals surface area contributed by atoms with E-state index in [1.165, 1.54) is 0 Å². The molecule has 0 fully saturated rings. The van der Waals surface area contributed by atoms with Gasteiger partial charge in [0, 0.05) is 23.1 Å². The van der Waals surface area contributed by atoms with Gasteiger partial charge in [-0.1, -0.05) is 19.9 Å². The Morgan fingerprint density at radius 3 is 2.88 bits per heavy atom. The highest BCUT2D eigenvalue weighted by atomic mass is 32.1. The van der Waals surface area contributed by atoms with Gasteiger partial charge in [-0.05, 0) is 24.0 Å². The lowest BCUT2D eigenvalue weighted by molar-refractivity contribution is 0.202. The molecule has 0 unspecified atom stereocenters. The fourth-order valence-corrected chi connectivity index (χ4v) is 1.55. The van der Waals surface area contributed by atoms with Crippen molar-refractivity contribution in [2.45, 2.75) is 13.8 Å². The maximum Gasteiger partial charge on any atom is 0.121 e. The van der Waals surface area contributed by atoms with E-state index >= 15 is 0 Å². The molecule has 1 aromatic heterocycles. The van der Waals surface area contributed by atoms with Gasteiger partial charge in [-0.3, -0.25) is 4.98 Å². The number of fused-ring (bicyclic) bond motifs is 1. The summed E-state index contributed by atoms with van der Waals surface area (Å²) >= 11 is 4.31. The van der Waals surface area contributed by atoms with Crippen molar-refractivity contribution in [2.24, 2.45) is 5.41 Å². The molecule has 0 atom stereocenters. The first-order valence-electron chi connectivity index (χ1n) is 5.69. The van der Waals surface area contributed by atoms with Crippen LogP contribution in [0.25, 0.3) is 10.9 Å². The summed E-state index contributed by atoms with van der Waals surface area (Å²) in [7, 11) is 0. The lowest BCUT2D eigenvalue weighted by Gasteiger charge is -2.22. The molecule has 0 bridgehead atoms. The van der Waals surface area contributed by atoms with Crippen LogP contribution >= 0.6 is 12.6 Å². The average Bonchev–Trinajstić information content (AvgIpc) is 2.36. The Bertz CT molecular complexity index is 510. The van der Waals surface area contributed by atoms with Crippen molar-refractivity contribution in [1.29, 1.82) is 0 Å². The maximum atomic E-state index is 5.78. The highest BCUT2D eigenvalue weighted by Crippen LogP contribution is 2.22. The van der Waals surface area contributed by atoms with Gasteiger partial charge in [0.05, 0.1) is 12.1 Å². The summed E-state index contributed by atoms with van der Waals surface area (Å²) < 4.78 is 5.78. The number of thiol groups is 1. The second kappa shape index (κ2) is 4.96. The summed E-state index contributed by atoms with van der Waals surface area (Å²) in [5.41, 5.74) is 1.05. The molecule has 2 nitrogen and oxygen atoms in total. The molecule has 17 heavy (non-hydrogen) atoms. The zero-order valence-corrected chi connectivity index (χ0v) is 11.1. The van der Waals surface area contributed by atoms with E-state index in [0.29, 0.717) is 6.61 Å². The van der Waals surface area contributed by atoms with Crippen LogP contribution in [-0.2, 0) is 0 Å². The number of pyridine rings is 1. The van der Waals surface area contributed by atoms with Crippen molar-refractivity contribution in [1.82, 2.24) is 4.98 Å².